The molecule has 0 aromatic carbocycles. The number of aryl methyl sites for hydroxylation is 1. The first-order valence-electron chi connectivity index (χ1n) is 7.03. The molecule has 0 saturated carbocycles. The van der Waals surface area contributed by atoms with E-state index in [2.05, 4.69) is 4.98 Å². The molecule has 1 aromatic rings. The molecule has 0 spiro atoms. The number of nitrogens with two attached hydrogens (primary N) is 1. The van der Waals surface area contributed by atoms with Crippen LogP contribution >= 0.6 is 0 Å². The third kappa shape index (κ3) is 5.98. The highest BCUT2D eigenvalue weighted by Crippen LogP contribution is 2.09. The van der Waals surface area contributed by atoms with Crippen LogP contribution in [0.3, 0.4) is 0 Å². The quantitative estimate of drug-likeness (QED) is 0.745. The molecule has 0 radical (unpaired) electrons. The van der Waals surface area contributed by atoms with E-state index in [4.69, 9.17) is 5.73 Å². The summed E-state index contributed by atoms with van der Waals surface area (Å²) in [6.45, 7) is 5.58. The van der Waals surface area contributed by atoms with Crippen LogP contribution in [-0.4, -0.2) is 43.1 Å². The molecule has 2 N–H and O–H groups in total. The number of nitrogens with zero attached hydrogens (tertiary/aromatic N) is 2. The van der Waals surface area contributed by atoms with Gasteiger partial charge in [-0.3, -0.25) is 4.98 Å². The van der Waals surface area contributed by atoms with Crippen LogP contribution in [0.5, 0.6) is 0 Å². The van der Waals surface area contributed by atoms with Crippen LogP contribution in [0, 0.1) is 5.92 Å². The standard InChI is InChI=1S/C14H25N3O2S/c1-13(2)12-17(10-5-8-15)20(18,19)11-7-14-6-3-4-9-16-14/h3-4,6,9,13H,5,7-8,10-12,15H2,1-2H3. The van der Waals surface area contributed by atoms with Crippen molar-refractivity contribution in [3.8, 4) is 0 Å². The van der Waals surface area contributed by atoms with Gasteiger partial charge in [0.2, 0.25) is 10.0 Å². The van der Waals surface area contributed by atoms with E-state index in [1.54, 1.807) is 10.5 Å². The zero-order chi connectivity index (χ0) is 15.0. The summed E-state index contributed by atoms with van der Waals surface area (Å²) in [4.78, 5) is 4.16. The van der Waals surface area contributed by atoms with Gasteiger partial charge in [-0.15, -0.1) is 0 Å². The second kappa shape index (κ2) is 8.34. The fraction of sp³-hybridized carbons (Fsp3) is 0.643. The van der Waals surface area contributed by atoms with Gasteiger partial charge in [-0.25, -0.2) is 12.7 Å². The lowest BCUT2D eigenvalue weighted by Gasteiger charge is -2.23. The van der Waals surface area contributed by atoms with Gasteiger partial charge in [0, 0.05) is 31.4 Å². The summed E-state index contributed by atoms with van der Waals surface area (Å²) in [7, 11) is -3.25. The molecule has 0 unspecified atom stereocenters. The summed E-state index contributed by atoms with van der Waals surface area (Å²) in [5.74, 6) is 0.402. The second-order valence-electron chi connectivity index (χ2n) is 5.28. The van der Waals surface area contributed by atoms with Crippen LogP contribution in [0.15, 0.2) is 24.4 Å². The van der Waals surface area contributed by atoms with E-state index < -0.39 is 10.0 Å². The Balaban J connectivity index is 2.66. The van der Waals surface area contributed by atoms with Crippen molar-refractivity contribution >= 4 is 10.0 Å². The first kappa shape index (κ1) is 17.1. The molecule has 0 amide bonds. The predicted molar refractivity (Wildman–Crippen MR) is 81.8 cm³/mol. The van der Waals surface area contributed by atoms with Crippen LogP contribution < -0.4 is 5.73 Å². The minimum Gasteiger partial charge on any atom is -0.330 e. The van der Waals surface area contributed by atoms with Gasteiger partial charge in [0.05, 0.1) is 5.75 Å². The largest absolute Gasteiger partial charge is 0.330 e. The van der Waals surface area contributed by atoms with Crippen molar-refractivity contribution in [3.63, 3.8) is 0 Å². The number of pyridine rings is 1. The molecule has 0 atom stereocenters. The van der Waals surface area contributed by atoms with Gasteiger partial charge in [0.15, 0.2) is 0 Å². The van der Waals surface area contributed by atoms with E-state index >= 15 is 0 Å². The lowest BCUT2D eigenvalue weighted by Crippen LogP contribution is -2.37. The maximum absolute atomic E-state index is 12.4. The van der Waals surface area contributed by atoms with Crippen molar-refractivity contribution in [1.82, 2.24) is 9.29 Å². The van der Waals surface area contributed by atoms with Gasteiger partial charge in [-0.1, -0.05) is 19.9 Å². The van der Waals surface area contributed by atoms with Gasteiger partial charge in [0.25, 0.3) is 0 Å². The van der Waals surface area contributed by atoms with Crippen LogP contribution in [0.25, 0.3) is 0 Å². The van der Waals surface area contributed by atoms with Crippen molar-refractivity contribution in [3.05, 3.63) is 30.1 Å². The molecule has 1 aromatic heterocycles. The molecule has 0 aliphatic carbocycles. The number of sulfonamides is 1. The Morgan fingerprint density at radius 3 is 2.65 bits per heavy atom. The normalized spacial score (nSPS) is 12.2. The van der Waals surface area contributed by atoms with Crippen molar-refractivity contribution in [2.24, 2.45) is 11.7 Å². The highest BCUT2D eigenvalue weighted by molar-refractivity contribution is 7.89. The topological polar surface area (TPSA) is 76.3 Å². The third-order valence-corrected chi connectivity index (χ3v) is 4.75. The third-order valence-electron chi connectivity index (χ3n) is 2.92. The lowest BCUT2D eigenvalue weighted by atomic mass is 10.2. The Labute approximate surface area is 122 Å². The molecular weight excluding hydrogens is 274 g/mol. The summed E-state index contributed by atoms with van der Waals surface area (Å²) in [6.07, 6.45) is 2.82. The molecule has 0 aliphatic heterocycles. The maximum atomic E-state index is 12.4. The average molecular weight is 299 g/mol. The zero-order valence-corrected chi connectivity index (χ0v) is 13.1. The number of hydrogen-bond acceptors (Lipinski definition) is 4. The molecule has 0 aliphatic rings. The van der Waals surface area contributed by atoms with Crippen molar-refractivity contribution in [2.75, 3.05) is 25.4 Å². The molecule has 0 bridgehead atoms. The molecule has 20 heavy (non-hydrogen) atoms. The fourth-order valence-corrected chi connectivity index (χ4v) is 3.59. The van der Waals surface area contributed by atoms with Crippen molar-refractivity contribution < 1.29 is 8.42 Å². The van der Waals surface area contributed by atoms with E-state index in [-0.39, 0.29) is 5.75 Å². The molecule has 1 heterocycles. The van der Waals surface area contributed by atoms with Crippen molar-refractivity contribution in [2.45, 2.75) is 26.7 Å². The highest BCUT2D eigenvalue weighted by Gasteiger charge is 2.22. The second-order valence-corrected chi connectivity index (χ2v) is 7.37. The molecule has 1 rings (SSSR count). The van der Waals surface area contributed by atoms with Gasteiger partial charge >= 0.3 is 0 Å². The first-order chi connectivity index (χ1) is 9.45. The maximum Gasteiger partial charge on any atom is 0.214 e. The van der Waals surface area contributed by atoms with E-state index in [1.807, 2.05) is 32.0 Å². The van der Waals surface area contributed by atoms with Gasteiger partial charge < -0.3 is 5.73 Å². The van der Waals surface area contributed by atoms with Gasteiger partial charge in [-0.2, -0.15) is 0 Å². The number of rotatable bonds is 9. The van der Waals surface area contributed by atoms with Gasteiger partial charge in [-0.05, 0) is 31.0 Å². The summed E-state index contributed by atoms with van der Waals surface area (Å²) < 4.78 is 26.4. The molecule has 114 valence electrons. The lowest BCUT2D eigenvalue weighted by molar-refractivity contribution is 0.364. The zero-order valence-electron chi connectivity index (χ0n) is 12.3. The SMILES string of the molecule is CC(C)CN(CCCN)S(=O)(=O)CCc1ccccn1. The average Bonchev–Trinajstić information content (AvgIpc) is 2.42. The smallest absolute Gasteiger partial charge is 0.214 e. The molecule has 0 fully saturated rings. The minimum atomic E-state index is -3.25. The van der Waals surface area contributed by atoms with E-state index in [0.29, 0.717) is 38.4 Å². The molecule has 6 heteroatoms. The summed E-state index contributed by atoms with van der Waals surface area (Å²) in [5.41, 5.74) is 6.29. The molecular formula is C14H25N3O2S. The minimum absolute atomic E-state index is 0.0985. The number of aromatic nitrogens is 1. The molecule has 0 saturated heterocycles. The molecule has 5 nitrogen and oxygen atoms in total. The van der Waals surface area contributed by atoms with Gasteiger partial charge in [0.1, 0.15) is 0 Å². The first-order valence-corrected chi connectivity index (χ1v) is 8.64. The van der Waals surface area contributed by atoms with E-state index in [9.17, 15) is 8.42 Å². The van der Waals surface area contributed by atoms with E-state index in [0.717, 1.165) is 5.69 Å². The number of hydrogen-bond donors (Lipinski definition) is 1. The summed E-state index contributed by atoms with van der Waals surface area (Å²) in [6, 6.07) is 5.54. The Hall–Kier alpha value is -0.980. The summed E-state index contributed by atoms with van der Waals surface area (Å²) >= 11 is 0. The predicted octanol–water partition coefficient (Wildman–Crippen LogP) is 1.26. The van der Waals surface area contributed by atoms with E-state index in [1.165, 1.54) is 0 Å². The Bertz CT molecular complexity index is 474. The monoisotopic (exact) mass is 299 g/mol. The Kier molecular flexibility index (Phi) is 7.12. The Morgan fingerprint density at radius 2 is 2.10 bits per heavy atom. The highest BCUT2D eigenvalue weighted by atomic mass is 32.2. The fourth-order valence-electron chi connectivity index (χ4n) is 1.93. The van der Waals surface area contributed by atoms with Crippen molar-refractivity contribution in [1.29, 1.82) is 0 Å². The van der Waals surface area contributed by atoms with Crippen LogP contribution in [-0.2, 0) is 16.4 Å². The van der Waals surface area contributed by atoms with Crippen LogP contribution in [0.1, 0.15) is 26.0 Å². The van der Waals surface area contributed by atoms with Crippen LogP contribution in [0.2, 0.25) is 0 Å². The Morgan fingerprint density at radius 1 is 1.35 bits per heavy atom. The summed E-state index contributed by atoms with van der Waals surface area (Å²) in [5, 5.41) is 0. The van der Waals surface area contributed by atoms with Crippen LogP contribution in [0.4, 0.5) is 0 Å².